The molecule has 1 aromatic rings. The molecule has 0 unspecified atom stereocenters. The van der Waals surface area contributed by atoms with E-state index in [9.17, 15) is 9.90 Å². The first-order valence-corrected chi connectivity index (χ1v) is 9.54. The Bertz CT molecular complexity index is 891. The number of aliphatic hydroxyl groups is 1. The van der Waals surface area contributed by atoms with Crippen molar-refractivity contribution in [2.24, 2.45) is 11.3 Å². The van der Waals surface area contributed by atoms with E-state index in [0.29, 0.717) is 29.4 Å². The summed E-state index contributed by atoms with van der Waals surface area (Å²) in [5, 5.41) is 11.2. The van der Waals surface area contributed by atoms with Crippen molar-refractivity contribution in [1.29, 1.82) is 0 Å². The van der Waals surface area contributed by atoms with Gasteiger partial charge in [0, 0.05) is 13.0 Å². The quantitative estimate of drug-likeness (QED) is 0.732. The van der Waals surface area contributed by atoms with Gasteiger partial charge >= 0.3 is 0 Å². The molecule has 2 bridgehead atoms. The lowest BCUT2D eigenvalue weighted by molar-refractivity contribution is -0.161. The number of rotatable bonds is 6. The van der Waals surface area contributed by atoms with E-state index in [1.165, 1.54) is 14.2 Å². The molecule has 5 atom stereocenters. The van der Waals surface area contributed by atoms with Gasteiger partial charge in [0.25, 0.3) is 0 Å². The summed E-state index contributed by atoms with van der Waals surface area (Å²) in [6.07, 6.45) is 2.64. The number of carbonyl (C=O) groups excluding carboxylic acids is 1. The number of ketones is 1. The first-order valence-electron chi connectivity index (χ1n) is 9.54. The smallest absolute Gasteiger partial charge is 0.231 e. The van der Waals surface area contributed by atoms with Gasteiger partial charge in [0.2, 0.25) is 12.5 Å². The van der Waals surface area contributed by atoms with Crippen molar-refractivity contribution in [2.45, 2.75) is 31.0 Å². The number of hydrogen-bond acceptors (Lipinski definition) is 7. The van der Waals surface area contributed by atoms with Crippen LogP contribution in [0.3, 0.4) is 0 Å². The third kappa shape index (κ3) is 2.34. The number of hydrogen-bond donors (Lipinski definition) is 1. The Morgan fingerprint density at radius 3 is 2.66 bits per heavy atom. The van der Waals surface area contributed by atoms with E-state index in [4.69, 9.17) is 23.7 Å². The lowest BCUT2D eigenvalue weighted by Gasteiger charge is -2.40. The number of fused-ring (bicyclic) bond motifs is 3. The summed E-state index contributed by atoms with van der Waals surface area (Å²) in [6, 6.07) is 3.66. The highest BCUT2D eigenvalue weighted by Crippen LogP contribution is 2.63. The molecule has 1 fully saturated rings. The maximum atomic E-state index is 13.8. The van der Waals surface area contributed by atoms with Crippen LogP contribution in [0.15, 0.2) is 36.6 Å². The molecule has 1 heterocycles. The molecule has 0 spiro atoms. The minimum atomic E-state index is -1.50. The average Bonchev–Trinajstić information content (AvgIpc) is 3.24. The highest BCUT2D eigenvalue weighted by Gasteiger charge is 2.72. The van der Waals surface area contributed by atoms with Crippen LogP contribution in [-0.4, -0.2) is 50.7 Å². The molecular formula is C22H26O7. The number of ether oxygens (including phenoxy) is 5. The molecule has 1 aromatic carbocycles. The topological polar surface area (TPSA) is 83.5 Å². The van der Waals surface area contributed by atoms with E-state index >= 15 is 0 Å². The SMILES string of the molecule is C=CC[C@]12C=C(OC)[C@H](O)[C@](OC)(C1=O)[C@H](c1cc(OC)c3c(c1)OCO3)[C@H]2C. The molecule has 1 aliphatic heterocycles. The van der Waals surface area contributed by atoms with Gasteiger partial charge in [-0.3, -0.25) is 4.79 Å². The van der Waals surface area contributed by atoms with E-state index < -0.39 is 23.0 Å². The number of aliphatic hydroxyl groups excluding tert-OH is 1. The first kappa shape index (κ1) is 19.8. The standard InChI is InChI=1S/C22H26O7/c1-6-7-21-10-16(26-4)19(23)22(27-5,20(21)24)17(12(21)2)13-8-14(25-3)18-15(9-13)28-11-29-18/h6,8-10,12,17,19,23H,1,7,11H2,2-5H3/t12-,17+,19+,21-,22+/m1/s1. The molecule has 0 saturated heterocycles. The summed E-state index contributed by atoms with van der Waals surface area (Å²) in [5.41, 5.74) is -1.62. The van der Waals surface area contributed by atoms with Crippen molar-refractivity contribution in [3.63, 3.8) is 0 Å². The maximum Gasteiger partial charge on any atom is 0.231 e. The summed E-state index contributed by atoms with van der Waals surface area (Å²) in [4.78, 5) is 13.8. The fraction of sp³-hybridized carbons (Fsp3) is 0.500. The molecule has 2 aliphatic carbocycles. The average molecular weight is 402 g/mol. The Kier molecular flexibility index (Phi) is 4.63. The summed E-state index contributed by atoms with van der Waals surface area (Å²) < 4.78 is 27.9. The Hall–Kier alpha value is -2.51. The van der Waals surface area contributed by atoms with Crippen LogP contribution < -0.4 is 14.2 Å². The molecule has 7 nitrogen and oxygen atoms in total. The van der Waals surface area contributed by atoms with Gasteiger partial charge in [-0.25, -0.2) is 0 Å². The Morgan fingerprint density at radius 1 is 1.28 bits per heavy atom. The molecule has 1 N–H and O–H groups in total. The molecule has 4 rings (SSSR count). The molecule has 7 heteroatoms. The predicted molar refractivity (Wildman–Crippen MR) is 104 cm³/mol. The van der Waals surface area contributed by atoms with Gasteiger partial charge in [0.05, 0.1) is 19.6 Å². The molecule has 0 amide bonds. The van der Waals surface area contributed by atoms with Crippen molar-refractivity contribution in [1.82, 2.24) is 0 Å². The molecular weight excluding hydrogens is 376 g/mol. The molecule has 0 aromatic heterocycles. The zero-order valence-electron chi connectivity index (χ0n) is 17.1. The van der Waals surface area contributed by atoms with Crippen LogP contribution in [0.5, 0.6) is 17.2 Å². The van der Waals surface area contributed by atoms with Gasteiger partial charge in [-0.05, 0) is 36.1 Å². The van der Waals surface area contributed by atoms with E-state index in [1.807, 2.05) is 19.1 Å². The molecule has 3 aliphatic rings. The Balaban J connectivity index is 1.96. The van der Waals surface area contributed by atoms with Crippen LogP contribution in [0.2, 0.25) is 0 Å². The van der Waals surface area contributed by atoms with Crippen LogP contribution in [0, 0.1) is 11.3 Å². The molecule has 1 saturated carbocycles. The van der Waals surface area contributed by atoms with Gasteiger partial charge in [-0.15, -0.1) is 6.58 Å². The number of methoxy groups -OCH3 is 3. The van der Waals surface area contributed by atoms with Crippen molar-refractivity contribution in [3.8, 4) is 17.2 Å². The van der Waals surface area contributed by atoms with Gasteiger partial charge in [-0.1, -0.05) is 13.0 Å². The van der Waals surface area contributed by atoms with Crippen LogP contribution in [-0.2, 0) is 14.3 Å². The normalized spacial score (nSPS) is 34.7. The third-order valence-electron chi connectivity index (χ3n) is 6.72. The minimum absolute atomic E-state index is 0.0993. The van der Waals surface area contributed by atoms with Gasteiger partial charge in [0.1, 0.15) is 11.9 Å². The second-order valence-electron chi connectivity index (χ2n) is 7.74. The van der Waals surface area contributed by atoms with Crippen molar-refractivity contribution in [3.05, 3.63) is 42.2 Å². The van der Waals surface area contributed by atoms with Crippen molar-refractivity contribution < 1.29 is 33.6 Å². The fourth-order valence-electron chi connectivity index (χ4n) is 5.36. The highest BCUT2D eigenvalue weighted by atomic mass is 16.7. The molecule has 29 heavy (non-hydrogen) atoms. The van der Waals surface area contributed by atoms with Gasteiger partial charge < -0.3 is 28.8 Å². The van der Waals surface area contributed by atoms with Gasteiger partial charge in [-0.2, -0.15) is 0 Å². The highest BCUT2D eigenvalue weighted by molar-refractivity contribution is 6.01. The second-order valence-corrected chi connectivity index (χ2v) is 7.74. The fourth-order valence-corrected chi connectivity index (χ4v) is 5.36. The van der Waals surface area contributed by atoms with Crippen molar-refractivity contribution in [2.75, 3.05) is 28.1 Å². The molecule has 156 valence electrons. The monoisotopic (exact) mass is 402 g/mol. The zero-order chi connectivity index (χ0) is 21.0. The van der Waals surface area contributed by atoms with Crippen LogP contribution in [0.4, 0.5) is 0 Å². The van der Waals surface area contributed by atoms with Gasteiger partial charge in [0.15, 0.2) is 22.9 Å². The summed E-state index contributed by atoms with van der Waals surface area (Å²) in [5.74, 6) is 1.06. The van der Waals surface area contributed by atoms with E-state index in [0.717, 1.165) is 5.56 Å². The lowest BCUT2D eigenvalue weighted by atomic mass is 9.70. The third-order valence-corrected chi connectivity index (χ3v) is 6.72. The zero-order valence-corrected chi connectivity index (χ0v) is 17.1. The number of Topliss-reactive ketones (excluding diaryl/α,β-unsaturated/α-hetero) is 1. The van der Waals surface area contributed by atoms with E-state index in [2.05, 4.69) is 6.58 Å². The summed E-state index contributed by atoms with van der Waals surface area (Å²) >= 11 is 0. The summed E-state index contributed by atoms with van der Waals surface area (Å²) in [7, 11) is 4.49. The van der Waals surface area contributed by atoms with Crippen LogP contribution >= 0.6 is 0 Å². The van der Waals surface area contributed by atoms with Crippen LogP contribution in [0.1, 0.15) is 24.8 Å². The Morgan fingerprint density at radius 2 is 2.03 bits per heavy atom. The molecule has 0 radical (unpaired) electrons. The second kappa shape index (κ2) is 6.78. The predicted octanol–water partition coefficient (Wildman–Crippen LogP) is 2.58. The summed E-state index contributed by atoms with van der Waals surface area (Å²) in [6.45, 7) is 5.93. The minimum Gasteiger partial charge on any atom is -0.499 e. The number of carbonyl (C=O) groups is 1. The lowest BCUT2D eigenvalue weighted by Crippen LogP contribution is -2.57. The van der Waals surface area contributed by atoms with E-state index in [-0.39, 0.29) is 18.5 Å². The van der Waals surface area contributed by atoms with Crippen LogP contribution in [0.25, 0.3) is 0 Å². The van der Waals surface area contributed by atoms with Crippen molar-refractivity contribution >= 4 is 5.78 Å². The number of allylic oxidation sites excluding steroid dienone is 2. The maximum absolute atomic E-state index is 13.8. The first-order chi connectivity index (χ1) is 13.9. The largest absolute Gasteiger partial charge is 0.499 e. The van der Waals surface area contributed by atoms with E-state index in [1.54, 1.807) is 19.3 Å². The Labute approximate surface area is 169 Å². The number of benzene rings is 1.